The molecule has 0 amide bonds. The molecule has 1 aromatic rings. The van der Waals surface area contributed by atoms with Gasteiger partial charge in [-0.15, -0.1) is 0 Å². The van der Waals surface area contributed by atoms with Crippen LogP contribution in [0.2, 0.25) is 0 Å². The zero-order valence-corrected chi connectivity index (χ0v) is 13.7. The number of halogens is 1. The summed E-state index contributed by atoms with van der Waals surface area (Å²) in [7, 11) is 0. The van der Waals surface area contributed by atoms with Crippen LogP contribution < -0.4 is 5.63 Å². The number of hydrogen-bond donors (Lipinski definition) is 0. The zero-order chi connectivity index (χ0) is 16.4. The Hall–Kier alpha value is -2.15. The highest BCUT2D eigenvalue weighted by Gasteiger charge is 2.36. The van der Waals surface area contributed by atoms with Crippen LogP contribution >= 0.6 is 15.9 Å². The molecule has 120 valence electrons. The van der Waals surface area contributed by atoms with Crippen molar-refractivity contribution in [1.29, 1.82) is 0 Å². The minimum Gasteiger partial charge on any atom is -0.492 e. The molecule has 0 aromatic carbocycles. The number of rotatable bonds is 5. The quantitative estimate of drug-likeness (QED) is 0.446. The molecule has 0 spiro atoms. The van der Waals surface area contributed by atoms with Crippen LogP contribution in [-0.2, 0) is 9.47 Å². The normalized spacial score (nSPS) is 21.0. The van der Waals surface area contributed by atoms with Gasteiger partial charge in [-0.05, 0) is 24.9 Å². The molecule has 0 saturated carbocycles. The molecule has 2 heterocycles. The highest BCUT2D eigenvalue weighted by atomic mass is 79.9. The van der Waals surface area contributed by atoms with E-state index in [1.807, 2.05) is 6.08 Å². The van der Waals surface area contributed by atoms with Crippen molar-refractivity contribution < 1.29 is 18.7 Å². The first kappa shape index (κ1) is 15.7. The van der Waals surface area contributed by atoms with Crippen molar-refractivity contribution in [3.05, 3.63) is 50.2 Å². The van der Waals surface area contributed by atoms with Crippen molar-refractivity contribution in [3.63, 3.8) is 0 Å². The van der Waals surface area contributed by atoms with Crippen molar-refractivity contribution in [1.82, 2.24) is 0 Å². The maximum atomic E-state index is 12.1. The summed E-state index contributed by atoms with van der Waals surface area (Å²) in [5, 5.41) is 0. The lowest BCUT2D eigenvalue weighted by Crippen LogP contribution is -2.24. The Kier molecular flexibility index (Phi) is 4.47. The monoisotopic (exact) mass is 379 g/mol. The Morgan fingerprint density at radius 3 is 3.09 bits per heavy atom. The molecule has 1 aliphatic heterocycles. The molecule has 6 nitrogen and oxygen atoms in total. The lowest BCUT2D eigenvalue weighted by molar-refractivity contribution is 0.0497. The molecule has 0 fully saturated rings. The van der Waals surface area contributed by atoms with Gasteiger partial charge in [-0.2, -0.15) is 0 Å². The summed E-state index contributed by atoms with van der Waals surface area (Å²) in [6.07, 6.45) is 5.51. The molecule has 7 heteroatoms. The number of hydrogen-bond acceptors (Lipinski definition) is 6. The first-order valence-electron chi connectivity index (χ1n) is 7.08. The van der Waals surface area contributed by atoms with Gasteiger partial charge in [0.25, 0.3) is 0 Å². The van der Waals surface area contributed by atoms with E-state index in [4.69, 9.17) is 13.9 Å². The first-order chi connectivity index (χ1) is 11.1. The molecule has 0 N–H and O–H groups in total. The van der Waals surface area contributed by atoms with Crippen LogP contribution in [0.3, 0.4) is 0 Å². The van der Waals surface area contributed by atoms with Crippen LogP contribution in [0, 0.1) is 0 Å². The number of esters is 1. The average molecular weight is 380 g/mol. The van der Waals surface area contributed by atoms with Gasteiger partial charge in [0.05, 0.1) is 18.8 Å². The van der Waals surface area contributed by atoms with Gasteiger partial charge in [-0.25, -0.2) is 9.59 Å². The predicted molar refractivity (Wildman–Crippen MR) is 88.0 cm³/mol. The van der Waals surface area contributed by atoms with E-state index in [1.165, 1.54) is 6.07 Å². The van der Waals surface area contributed by atoms with Crippen molar-refractivity contribution >= 4 is 34.7 Å². The maximum absolute atomic E-state index is 12.1. The van der Waals surface area contributed by atoms with E-state index in [-0.39, 0.29) is 24.2 Å². The molecular formula is C16H14BrNO5. The Morgan fingerprint density at radius 1 is 1.48 bits per heavy atom. The Balaban J connectivity index is 1.87. The second-order valence-corrected chi connectivity index (χ2v) is 6.06. The summed E-state index contributed by atoms with van der Waals surface area (Å²) in [6.45, 7) is 4.02. The van der Waals surface area contributed by atoms with E-state index in [0.717, 1.165) is 4.48 Å². The first-order valence-corrected chi connectivity index (χ1v) is 7.88. The second kappa shape index (κ2) is 6.54. The fourth-order valence-corrected chi connectivity index (χ4v) is 3.17. The molecule has 1 aromatic heterocycles. The smallest absolute Gasteiger partial charge is 0.350 e. The number of carbonyl (C=O) groups is 1. The maximum Gasteiger partial charge on any atom is 0.350 e. The van der Waals surface area contributed by atoms with Crippen LogP contribution in [0.4, 0.5) is 0 Å². The lowest BCUT2D eigenvalue weighted by atomic mass is 9.91. The van der Waals surface area contributed by atoms with Crippen molar-refractivity contribution in [2.45, 2.75) is 18.4 Å². The molecular weight excluding hydrogens is 366 g/mol. The van der Waals surface area contributed by atoms with Crippen molar-refractivity contribution in [2.75, 3.05) is 13.2 Å². The van der Waals surface area contributed by atoms with Crippen LogP contribution in [0.1, 0.15) is 34.0 Å². The van der Waals surface area contributed by atoms with E-state index in [9.17, 15) is 9.59 Å². The topological polar surface area (TPSA) is 78.1 Å². The van der Waals surface area contributed by atoms with Gasteiger partial charge >= 0.3 is 11.6 Å². The predicted octanol–water partition coefficient (Wildman–Crippen LogP) is 2.63. The summed E-state index contributed by atoms with van der Waals surface area (Å²) < 4.78 is 16.7. The SMILES string of the molecule is C=NCCCOC(=O)c1cc2c(oc1=O)C1C=COC1C(Br)=C2. The van der Waals surface area contributed by atoms with Gasteiger partial charge in [-0.1, -0.05) is 15.9 Å². The summed E-state index contributed by atoms with van der Waals surface area (Å²) in [5.41, 5.74) is -0.165. The molecule has 2 atom stereocenters. The molecule has 0 saturated heterocycles. The second-order valence-electron chi connectivity index (χ2n) is 5.14. The van der Waals surface area contributed by atoms with Gasteiger partial charge in [0.15, 0.2) is 0 Å². The Labute approximate surface area is 140 Å². The zero-order valence-electron chi connectivity index (χ0n) is 12.2. The fourth-order valence-electron chi connectivity index (χ4n) is 2.53. The third-order valence-corrected chi connectivity index (χ3v) is 4.31. The summed E-state index contributed by atoms with van der Waals surface area (Å²) >= 11 is 3.45. The molecule has 0 bridgehead atoms. The highest BCUT2D eigenvalue weighted by Crippen LogP contribution is 2.41. The average Bonchev–Trinajstić information content (AvgIpc) is 3.02. The van der Waals surface area contributed by atoms with E-state index in [0.29, 0.717) is 24.3 Å². The number of aliphatic imine (C=N–C) groups is 1. The van der Waals surface area contributed by atoms with Crippen molar-refractivity contribution in [3.8, 4) is 0 Å². The molecule has 3 rings (SSSR count). The number of nitrogens with zero attached hydrogens (tertiary/aromatic N) is 1. The van der Waals surface area contributed by atoms with Gasteiger partial charge < -0.3 is 18.9 Å². The summed E-state index contributed by atoms with van der Waals surface area (Å²) in [6, 6.07) is 1.50. The van der Waals surface area contributed by atoms with E-state index < -0.39 is 11.6 Å². The van der Waals surface area contributed by atoms with E-state index in [2.05, 4.69) is 27.6 Å². The van der Waals surface area contributed by atoms with Crippen LogP contribution in [-0.4, -0.2) is 31.9 Å². The molecule has 2 unspecified atom stereocenters. The number of ether oxygens (including phenoxy) is 2. The summed E-state index contributed by atoms with van der Waals surface area (Å²) in [5.74, 6) is -0.388. The lowest BCUT2D eigenvalue weighted by Gasteiger charge is -2.23. The van der Waals surface area contributed by atoms with Gasteiger partial charge in [0.1, 0.15) is 17.4 Å². The van der Waals surface area contributed by atoms with Crippen LogP contribution in [0.15, 0.2) is 37.1 Å². The van der Waals surface area contributed by atoms with E-state index in [1.54, 1.807) is 12.3 Å². The number of carbonyl (C=O) groups excluding carboxylic acids is 1. The van der Waals surface area contributed by atoms with Gasteiger partial charge in [0, 0.05) is 23.0 Å². The minimum absolute atomic E-state index is 0.117. The molecule has 1 aliphatic carbocycles. The van der Waals surface area contributed by atoms with E-state index >= 15 is 0 Å². The van der Waals surface area contributed by atoms with Crippen LogP contribution in [0.5, 0.6) is 0 Å². The van der Waals surface area contributed by atoms with Crippen LogP contribution in [0.25, 0.3) is 6.08 Å². The number of fused-ring (bicyclic) bond motifs is 3. The molecule has 0 radical (unpaired) electrons. The van der Waals surface area contributed by atoms with Gasteiger partial charge in [0.2, 0.25) is 0 Å². The van der Waals surface area contributed by atoms with Gasteiger partial charge in [-0.3, -0.25) is 0 Å². The summed E-state index contributed by atoms with van der Waals surface area (Å²) in [4.78, 5) is 27.8. The third kappa shape index (κ3) is 3.01. The molecule has 2 aliphatic rings. The Bertz CT molecular complexity index is 764. The largest absolute Gasteiger partial charge is 0.492 e. The standard InChI is InChI=1S/C16H14BrNO5/c1-18-4-2-5-22-15(19)11-7-9-8-12(17)14-10(3-6-21-14)13(9)23-16(11)20/h3,6-8,10,14H,1-2,4-5H2. The highest BCUT2D eigenvalue weighted by molar-refractivity contribution is 9.11. The Morgan fingerprint density at radius 2 is 2.30 bits per heavy atom. The minimum atomic E-state index is -0.707. The molecule has 23 heavy (non-hydrogen) atoms. The fraction of sp³-hybridized carbons (Fsp3) is 0.312. The third-order valence-electron chi connectivity index (χ3n) is 3.63. The van der Waals surface area contributed by atoms with Crippen molar-refractivity contribution in [2.24, 2.45) is 4.99 Å².